The summed E-state index contributed by atoms with van der Waals surface area (Å²) >= 11 is 12.5. The molecule has 0 saturated carbocycles. The number of imide groups is 1. The highest BCUT2D eigenvalue weighted by Gasteiger charge is 2.38. The summed E-state index contributed by atoms with van der Waals surface area (Å²) in [6, 6.07) is 14.9. The van der Waals surface area contributed by atoms with E-state index < -0.39 is 22.8 Å². The van der Waals surface area contributed by atoms with E-state index in [2.05, 4.69) is 0 Å². The quantitative estimate of drug-likeness (QED) is 0.290. The fraction of sp³-hybridized carbons (Fsp3) is 0.259. The molecule has 0 radical (unpaired) electrons. The molecule has 37 heavy (non-hydrogen) atoms. The monoisotopic (exact) mass is 541 g/mol. The number of hydrogen-bond donors (Lipinski definition) is 0. The molecular formula is C27H25Cl2N3O5. The minimum atomic E-state index is -0.890. The minimum Gasteiger partial charge on any atom is -0.379 e. The van der Waals surface area contributed by atoms with Gasteiger partial charge in [0.25, 0.3) is 17.5 Å². The van der Waals surface area contributed by atoms with Crippen molar-refractivity contribution in [2.24, 2.45) is 0 Å². The Bertz CT molecular complexity index is 1320. The molecule has 0 bridgehead atoms. The maximum absolute atomic E-state index is 14.5. The Balaban J connectivity index is 1.87. The molecule has 1 fully saturated rings. The summed E-state index contributed by atoms with van der Waals surface area (Å²) < 4.78 is 5.49. The van der Waals surface area contributed by atoms with E-state index in [1.54, 1.807) is 18.2 Å². The van der Waals surface area contributed by atoms with E-state index in [1.165, 1.54) is 29.2 Å². The van der Waals surface area contributed by atoms with Crippen LogP contribution in [0.2, 0.25) is 10.0 Å². The maximum Gasteiger partial charge on any atom is 0.269 e. The molecule has 2 amide bonds. The Morgan fingerprint density at radius 1 is 1.00 bits per heavy atom. The molecular weight excluding hydrogens is 517 g/mol. The first-order chi connectivity index (χ1) is 17.7. The Labute approximate surface area is 224 Å². The Morgan fingerprint density at radius 3 is 2.19 bits per heavy atom. The van der Waals surface area contributed by atoms with Gasteiger partial charge in [0.15, 0.2) is 0 Å². The van der Waals surface area contributed by atoms with Crippen LogP contribution in [0.4, 0.5) is 11.4 Å². The summed E-state index contributed by atoms with van der Waals surface area (Å²) in [5.41, 5.74) is 2.50. The topological polar surface area (TPSA) is 93.0 Å². The number of ether oxygens (including phenoxy) is 1. The van der Waals surface area contributed by atoms with Gasteiger partial charge < -0.3 is 4.74 Å². The van der Waals surface area contributed by atoms with E-state index in [9.17, 15) is 19.7 Å². The number of morpholine rings is 1. The molecule has 8 nitrogen and oxygen atoms in total. The zero-order chi connectivity index (χ0) is 26.7. The number of para-hydroxylation sites is 1. The van der Waals surface area contributed by atoms with E-state index in [-0.39, 0.29) is 16.3 Å². The van der Waals surface area contributed by atoms with Gasteiger partial charge in [0, 0.05) is 30.2 Å². The first-order valence-electron chi connectivity index (χ1n) is 11.6. The van der Waals surface area contributed by atoms with Gasteiger partial charge in [-0.05, 0) is 48.7 Å². The standard InChI is InChI=1S/C27H25Cl2N3O5/c1-17-4-3-5-18(2)24(17)31(26(33)22-11-8-20(28)16-23(22)29)27(34)25(30-12-14-37-15-13-30)19-6-9-21(10-7-19)32(35)36/h3-11,16,25H,12-15H2,1-2H3/t25-/m0/s1. The van der Waals surface area contributed by atoms with Gasteiger partial charge in [-0.3, -0.25) is 24.6 Å². The molecule has 192 valence electrons. The number of halogens is 2. The van der Waals surface area contributed by atoms with Gasteiger partial charge >= 0.3 is 0 Å². The number of aryl methyl sites for hydroxylation is 2. The highest BCUT2D eigenvalue weighted by molar-refractivity contribution is 6.38. The van der Waals surface area contributed by atoms with Crippen LogP contribution in [-0.4, -0.2) is 47.9 Å². The lowest BCUT2D eigenvalue weighted by molar-refractivity contribution is -0.384. The third-order valence-corrected chi connectivity index (χ3v) is 6.86. The molecule has 0 unspecified atom stereocenters. The Morgan fingerprint density at radius 2 is 1.62 bits per heavy atom. The van der Waals surface area contributed by atoms with Gasteiger partial charge in [-0.2, -0.15) is 0 Å². The maximum atomic E-state index is 14.5. The van der Waals surface area contributed by atoms with E-state index in [1.807, 2.05) is 36.9 Å². The van der Waals surface area contributed by atoms with Crippen molar-refractivity contribution in [1.82, 2.24) is 4.90 Å². The van der Waals surface area contributed by atoms with Crippen molar-refractivity contribution in [3.8, 4) is 0 Å². The van der Waals surface area contributed by atoms with Gasteiger partial charge in [0.1, 0.15) is 6.04 Å². The SMILES string of the molecule is Cc1cccc(C)c1N(C(=O)c1ccc(Cl)cc1Cl)C(=O)[C@H](c1ccc([N+](=O)[O-])cc1)N1CCOCC1. The lowest BCUT2D eigenvalue weighted by atomic mass is 9.99. The van der Waals surface area contributed by atoms with Crippen molar-refractivity contribution in [3.63, 3.8) is 0 Å². The van der Waals surface area contributed by atoms with Gasteiger partial charge in [-0.1, -0.05) is 53.5 Å². The number of amides is 2. The second kappa shape index (κ2) is 11.4. The zero-order valence-electron chi connectivity index (χ0n) is 20.3. The van der Waals surface area contributed by atoms with Crippen LogP contribution in [0.3, 0.4) is 0 Å². The van der Waals surface area contributed by atoms with Crippen molar-refractivity contribution in [1.29, 1.82) is 0 Å². The second-order valence-electron chi connectivity index (χ2n) is 8.74. The summed E-state index contributed by atoms with van der Waals surface area (Å²) in [5, 5.41) is 11.7. The number of nitrogens with zero attached hydrogens (tertiary/aromatic N) is 3. The van der Waals surface area contributed by atoms with E-state index >= 15 is 0 Å². The van der Waals surface area contributed by atoms with Crippen LogP contribution in [0, 0.1) is 24.0 Å². The largest absolute Gasteiger partial charge is 0.379 e. The lowest BCUT2D eigenvalue weighted by Gasteiger charge is -2.37. The van der Waals surface area contributed by atoms with Crippen LogP contribution in [0.5, 0.6) is 0 Å². The summed E-state index contributed by atoms with van der Waals surface area (Å²) in [6.45, 7) is 5.38. The number of non-ortho nitro benzene ring substituents is 1. The van der Waals surface area contributed by atoms with E-state index in [4.69, 9.17) is 27.9 Å². The van der Waals surface area contributed by atoms with E-state index in [0.29, 0.717) is 42.6 Å². The number of nitro benzene ring substituents is 1. The summed E-state index contributed by atoms with van der Waals surface area (Å²) in [5.74, 6) is -1.09. The van der Waals surface area contributed by atoms with Crippen molar-refractivity contribution in [2.75, 3.05) is 31.2 Å². The van der Waals surface area contributed by atoms with Crippen LogP contribution < -0.4 is 4.90 Å². The molecule has 0 spiro atoms. The molecule has 1 atom stereocenters. The number of nitro groups is 1. The van der Waals surface area contributed by atoms with Gasteiger partial charge in [-0.25, -0.2) is 4.90 Å². The predicted molar refractivity (Wildman–Crippen MR) is 142 cm³/mol. The molecule has 1 aliphatic rings. The fourth-order valence-electron chi connectivity index (χ4n) is 4.50. The average molecular weight is 542 g/mol. The molecule has 3 aromatic rings. The van der Waals surface area contributed by atoms with Crippen LogP contribution in [0.15, 0.2) is 60.7 Å². The number of carbonyl (C=O) groups is 2. The molecule has 3 aromatic carbocycles. The van der Waals surface area contributed by atoms with Crippen LogP contribution in [0.25, 0.3) is 0 Å². The van der Waals surface area contributed by atoms with Crippen molar-refractivity contribution < 1.29 is 19.2 Å². The fourth-order valence-corrected chi connectivity index (χ4v) is 4.99. The highest BCUT2D eigenvalue weighted by Crippen LogP contribution is 2.34. The van der Waals surface area contributed by atoms with Crippen molar-refractivity contribution >= 4 is 46.4 Å². The average Bonchev–Trinajstić information content (AvgIpc) is 2.87. The molecule has 10 heteroatoms. The number of rotatable bonds is 6. The molecule has 1 saturated heterocycles. The zero-order valence-corrected chi connectivity index (χ0v) is 21.8. The second-order valence-corrected chi connectivity index (χ2v) is 9.59. The molecule has 0 aromatic heterocycles. The molecule has 1 aliphatic heterocycles. The number of anilines is 1. The van der Waals surface area contributed by atoms with Crippen LogP contribution >= 0.6 is 23.2 Å². The highest BCUT2D eigenvalue weighted by atomic mass is 35.5. The number of hydrogen-bond acceptors (Lipinski definition) is 6. The molecule has 1 heterocycles. The van der Waals surface area contributed by atoms with Gasteiger partial charge in [-0.15, -0.1) is 0 Å². The normalized spacial score (nSPS) is 14.7. The van der Waals surface area contributed by atoms with Crippen LogP contribution in [0.1, 0.15) is 33.1 Å². The smallest absolute Gasteiger partial charge is 0.269 e. The van der Waals surface area contributed by atoms with Gasteiger partial charge in [0.05, 0.1) is 34.4 Å². The number of benzene rings is 3. The third-order valence-electron chi connectivity index (χ3n) is 6.31. The van der Waals surface area contributed by atoms with Crippen molar-refractivity contribution in [2.45, 2.75) is 19.9 Å². The Hall–Kier alpha value is -3.30. The van der Waals surface area contributed by atoms with Crippen LogP contribution in [-0.2, 0) is 9.53 Å². The van der Waals surface area contributed by atoms with Gasteiger partial charge in [0.2, 0.25) is 0 Å². The number of carbonyl (C=O) groups excluding carboxylic acids is 2. The minimum absolute atomic E-state index is 0.0902. The lowest BCUT2D eigenvalue weighted by Crippen LogP contribution is -2.49. The predicted octanol–water partition coefficient (Wildman–Crippen LogP) is 5.77. The summed E-state index contributed by atoms with van der Waals surface area (Å²) in [7, 11) is 0. The Kier molecular flexibility index (Phi) is 8.24. The van der Waals surface area contributed by atoms with Crippen molar-refractivity contribution in [3.05, 3.63) is 103 Å². The molecule has 0 aliphatic carbocycles. The third kappa shape index (κ3) is 5.67. The molecule has 0 N–H and O–H groups in total. The summed E-state index contributed by atoms with van der Waals surface area (Å²) in [4.78, 5) is 42.3. The molecule has 4 rings (SSSR count). The van der Waals surface area contributed by atoms with E-state index in [0.717, 1.165) is 11.1 Å². The first kappa shape index (κ1) is 26.8. The first-order valence-corrected chi connectivity index (χ1v) is 12.4. The summed E-state index contributed by atoms with van der Waals surface area (Å²) in [6.07, 6.45) is 0.